The monoisotopic (exact) mass is 977 g/mol. The van der Waals surface area contributed by atoms with Gasteiger partial charge >= 0.3 is 19.8 Å². The molecule has 0 saturated heterocycles. The van der Waals surface area contributed by atoms with Crippen molar-refractivity contribution in [3.63, 3.8) is 0 Å². The highest BCUT2D eigenvalue weighted by Gasteiger charge is 2.27. The van der Waals surface area contributed by atoms with Crippen LogP contribution in [0.25, 0.3) is 0 Å². The predicted molar refractivity (Wildman–Crippen MR) is 289 cm³/mol. The Morgan fingerprint density at radius 1 is 0.471 bits per heavy atom. The predicted octanol–water partition coefficient (Wildman–Crippen LogP) is 17.1. The molecule has 9 nitrogen and oxygen atoms in total. The lowest BCUT2D eigenvalue weighted by molar-refractivity contribution is -0.870. The highest BCUT2D eigenvalue weighted by atomic mass is 31.2. The number of ether oxygens (including phenoxy) is 2. The number of carbonyl (C=O) groups is 2. The molecule has 1 N–H and O–H groups in total. The average molecular weight is 977 g/mol. The van der Waals surface area contributed by atoms with E-state index >= 15 is 0 Å². The van der Waals surface area contributed by atoms with Crippen molar-refractivity contribution in [3.05, 3.63) is 60.8 Å². The van der Waals surface area contributed by atoms with E-state index in [0.717, 1.165) is 83.5 Å². The topological polar surface area (TPSA) is 108 Å². The summed E-state index contributed by atoms with van der Waals surface area (Å²) >= 11 is 0. The van der Waals surface area contributed by atoms with Crippen LogP contribution in [0.1, 0.15) is 245 Å². The molecule has 68 heavy (non-hydrogen) atoms. The summed E-state index contributed by atoms with van der Waals surface area (Å²) in [6, 6.07) is 0. The number of esters is 2. The summed E-state index contributed by atoms with van der Waals surface area (Å²) in [5.74, 6) is -0.803. The third-order valence-corrected chi connectivity index (χ3v) is 13.0. The van der Waals surface area contributed by atoms with Crippen molar-refractivity contribution in [2.45, 2.75) is 251 Å². The number of carbonyl (C=O) groups excluding carboxylic acids is 2. The molecule has 0 aromatic rings. The maximum atomic E-state index is 12.8. The van der Waals surface area contributed by atoms with Crippen LogP contribution < -0.4 is 0 Å². The van der Waals surface area contributed by atoms with Gasteiger partial charge in [0.15, 0.2) is 6.10 Å². The first kappa shape index (κ1) is 65.7. The van der Waals surface area contributed by atoms with Gasteiger partial charge in [-0.05, 0) is 70.6 Å². The molecule has 0 spiro atoms. The van der Waals surface area contributed by atoms with Gasteiger partial charge in [-0.25, -0.2) is 4.57 Å². The zero-order valence-corrected chi connectivity index (χ0v) is 45.7. The van der Waals surface area contributed by atoms with Crippen molar-refractivity contribution in [3.8, 4) is 0 Å². The van der Waals surface area contributed by atoms with E-state index in [1.54, 1.807) is 0 Å². The van der Waals surface area contributed by atoms with Crippen molar-refractivity contribution in [2.24, 2.45) is 0 Å². The van der Waals surface area contributed by atoms with E-state index in [1.165, 1.54) is 128 Å². The summed E-state index contributed by atoms with van der Waals surface area (Å²) in [6.07, 6.45) is 63.1. The van der Waals surface area contributed by atoms with Gasteiger partial charge in [-0.2, -0.15) is 0 Å². The molecule has 0 aliphatic rings. The minimum atomic E-state index is -4.38. The summed E-state index contributed by atoms with van der Waals surface area (Å²) in [4.78, 5) is 35.5. The number of phosphoric ester groups is 1. The number of hydrogen-bond donors (Lipinski definition) is 1. The number of likely N-dealkylation sites (N-methyl/N-ethyl adjacent to an activating group) is 1. The molecule has 0 saturated carbocycles. The van der Waals surface area contributed by atoms with Gasteiger partial charge in [-0.15, -0.1) is 0 Å². The van der Waals surface area contributed by atoms with Gasteiger partial charge in [-0.3, -0.25) is 18.6 Å². The summed E-state index contributed by atoms with van der Waals surface area (Å²) in [5, 5.41) is 0. The largest absolute Gasteiger partial charge is 0.472 e. The number of nitrogens with zero attached hydrogens (tertiary/aromatic N) is 1. The van der Waals surface area contributed by atoms with Crippen molar-refractivity contribution in [2.75, 3.05) is 47.5 Å². The quantitative estimate of drug-likeness (QED) is 0.0211. The summed E-state index contributed by atoms with van der Waals surface area (Å²) in [5.41, 5.74) is 0. The number of allylic oxidation sites excluding steroid dienone is 10. The fourth-order valence-electron chi connectivity index (χ4n) is 7.69. The molecule has 0 aromatic heterocycles. The molecule has 0 aliphatic carbocycles. The van der Waals surface area contributed by atoms with Gasteiger partial charge in [-0.1, -0.05) is 222 Å². The lowest BCUT2D eigenvalue weighted by Gasteiger charge is -2.24. The third-order valence-electron chi connectivity index (χ3n) is 12.0. The second kappa shape index (κ2) is 49.7. The molecule has 0 rings (SSSR count). The van der Waals surface area contributed by atoms with Gasteiger partial charge in [0.2, 0.25) is 0 Å². The molecule has 0 aromatic carbocycles. The van der Waals surface area contributed by atoms with Crippen LogP contribution in [-0.4, -0.2) is 74.9 Å². The summed E-state index contributed by atoms with van der Waals surface area (Å²) in [6.45, 7) is 4.28. The van der Waals surface area contributed by atoms with Gasteiger partial charge in [0.05, 0.1) is 27.7 Å². The Balaban J connectivity index is 3.98. The highest BCUT2D eigenvalue weighted by molar-refractivity contribution is 7.47. The van der Waals surface area contributed by atoms with Gasteiger partial charge in [0, 0.05) is 12.8 Å². The highest BCUT2D eigenvalue weighted by Crippen LogP contribution is 2.43. The van der Waals surface area contributed by atoms with Crippen molar-refractivity contribution < 1.29 is 42.1 Å². The second-order valence-electron chi connectivity index (χ2n) is 19.9. The normalized spacial score (nSPS) is 13.8. The molecule has 2 unspecified atom stereocenters. The Bertz CT molecular complexity index is 1340. The van der Waals surface area contributed by atoms with E-state index in [-0.39, 0.29) is 32.0 Å². The zero-order chi connectivity index (χ0) is 49.9. The van der Waals surface area contributed by atoms with Crippen LogP contribution >= 0.6 is 7.82 Å². The molecule has 0 amide bonds. The number of rotatable bonds is 51. The van der Waals surface area contributed by atoms with E-state index in [1.807, 2.05) is 21.1 Å². The Morgan fingerprint density at radius 2 is 0.838 bits per heavy atom. The summed E-state index contributed by atoms with van der Waals surface area (Å²) < 4.78 is 34.4. The van der Waals surface area contributed by atoms with Crippen LogP contribution in [0.5, 0.6) is 0 Å². The SMILES string of the molecule is CC/C=C\C/C=C\C/C=C\C/C=C\CCCCCCCCCCCCCCCCCCCCCCC(=O)OC(COC(=O)CCCCCCC/C=C\CCCC)COP(=O)(O)OCC[N+](C)(C)C. The second-order valence-corrected chi connectivity index (χ2v) is 21.4. The van der Waals surface area contributed by atoms with Crippen LogP contribution in [-0.2, 0) is 32.7 Å². The number of quaternary nitrogens is 1. The minimum absolute atomic E-state index is 0.0307. The number of unbranched alkanes of at least 4 members (excludes halogenated alkanes) is 27. The van der Waals surface area contributed by atoms with Crippen LogP contribution in [0.2, 0.25) is 0 Å². The fourth-order valence-corrected chi connectivity index (χ4v) is 8.44. The van der Waals surface area contributed by atoms with Crippen LogP contribution in [0.4, 0.5) is 0 Å². The zero-order valence-electron chi connectivity index (χ0n) is 44.8. The van der Waals surface area contributed by atoms with Crippen molar-refractivity contribution in [1.82, 2.24) is 0 Å². The molecule has 0 heterocycles. The first-order valence-electron chi connectivity index (χ1n) is 28.0. The Kier molecular flexibility index (Phi) is 48.0. The smallest absolute Gasteiger partial charge is 0.462 e. The van der Waals surface area contributed by atoms with Crippen molar-refractivity contribution in [1.29, 1.82) is 0 Å². The van der Waals surface area contributed by atoms with Crippen LogP contribution in [0.3, 0.4) is 0 Å². The van der Waals surface area contributed by atoms with E-state index in [9.17, 15) is 19.0 Å². The molecule has 0 aliphatic heterocycles. The molecule has 0 radical (unpaired) electrons. The number of phosphoric acid groups is 1. The van der Waals surface area contributed by atoms with Gasteiger partial charge in [0.1, 0.15) is 19.8 Å². The maximum absolute atomic E-state index is 12.8. The van der Waals surface area contributed by atoms with Crippen LogP contribution in [0, 0.1) is 0 Å². The molecule has 10 heteroatoms. The third kappa shape index (κ3) is 53.1. The first-order valence-corrected chi connectivity index (χ1v) is 29.5. The molecule has 396 valence electrons. The van der Waals surface area contributed by atoms with E-state index in [0.29, 0.717) is 17.4 Å². The van der Waals surface area contributed by atoms with Crippen molar-refractivity contribution >= 4 is 19.8 Å². The molecular weight excluding hydrogens is 870 g/mol. The fraction of sp³-hybridized carbons (Fsp3) is 0.793. The van der Waals surface area contributed by atoms with Gasteiger partial charge in [0.25, 0.3) is 0 Å². The van der Waals surface area contributed by atoms with E-state index in [4.69, 9.17) is 18.5 Å². The maximum Gasteiger partial charge on any atom is 0.472 e. The molecular formula is C58H107NO8P+. The average Bonchev–Trinajstić information content (AvgIpc) is 3.30. The van der Waals surface area contributed by atoms with Crippen LogP contribution in [0.15, 0.2) is 60.8 Å². The molecule has 2 atom stereocenters. The lowest BCUT2D eigenvalue weighted by Crippen LogP contribution is -2.37. The number of hydrogen-bond acceptors (Lipinski definition) is 7. The minimum Gasteiger partial charge on any atom is -0.462 e. The van der Waals surface area contributed by atoms with E-state index in [2.05, 4.69) is 74.6 Å². The first-order chi connectivity index (χ1) is 33.0. The molecule has 0 bridgehead atoms. The standard InChI is InChI=1S/C58H106NO8P/c1-6-8-10-12-14-16-18-19-20-21-22-23-24-25-26-27-28-29-30-31-32-33-34-35-36-37-38-39-41-43-45-47-49-51-58(61)67-56(55-66-68(62,63)65-53-52-59(3,4)5)54-64-57(60)50-48-46-44-42-40-17-15-13-11-9-7-2/h8,10,13-16,19-20,22-23,56H,6-7,9,11-12,17-18,21,24-55H2,1-5H3/p+1/b10-8-,15-13-,16-14-,20-19-,23-22-. The Labute approximate surface area is 419 Å². The van der Waals surface area contributed by atoms with Gasteiger partial charge < -0.3 is 18.9 Å². The molecule has 0 fully saturated rings. The Hall–Kier alpha value is -2.29. The summed E-state index contributed by atoms with van der Waals surface area (Å²) in [7, 11) is 1.48. The van der Waals surface area contributed by atoms with E-state index < -0.39 is 26.5 Å². The lowest BCUT2D eigenvalue weighted by atomic mass is 10.0. The Morgan fingerprint density at radius 3 is 1.26 bits per heavy atom.